The number of hydrogen-bond acceptors (Lipinski definition) is 0. The Morgan fingerprint density at radius 3 is 1.78 bits per heavy atom. The number of unbranched alkanes of at least 4 members (excludes halogenated alkanes) is 2. The lowest BCUT2D eigenvalue weighted by atomic mass is 9.73. The molecule has 23 heavy (non-hydrogen) atoms. The maximum Gasteiger partial charge on any atom is -0.0194 e. The van der Waals surface area contributed by atoms with Crippen molar-refractivity contribution in [3.63, 3.8) is 0 Å². The highest BCUT2D eigenvalue weighted by molar-refractivity contribution is 7.43. The molecular weight excluding hydrogens is 295 g/mol. The van der Waals surface area contributed by atoms with Crippen LogP contribution in [0.4, 0.5) is 0 Å². The summed E-state index contributed by atoms with van der Waals surface area (Å²) in [6, 6.07) is 0. The van der Waals surface area contributed by atoms with E-state index in [1.807, 2.05) is 10.9 Å². The minimum absolute atomic E-state index is 0.979. The standard InChI is InChI=1S/C22H41P/c1-3-5-12-18-23-21(13-4-2)22(19-14-8-6-9-15-19)20-16-10-7-11-17-20/h19-20,23H,3-18H2,1-2H3. The second kappa shape index (κ2) is 11.7. The van der Waals surface area contributed by atoms with E-state index in [9.17, 15) is 0 Å². The fourth-order valence-corrected chi connectivity index (χ4v) is 6.62. The Bertz CT molecular complexity index is 312. The molecule has 0 heterocycles. The first-order valence-corrected chi connectivity index (χ1v) is 12.0. The van der Waals surface area contributed by atoms with Crippen molar-refractivity contribution in [3.8, 4) is 0 Å². The van der Waals surface area contributed by atoms with Crippen LogP contribution in [0.15, 0.2) is 10.9 Å². The first kappa shape index (κ1) is 19.5. The topological polar surface area (TPSA) is 0 Å². The lowest BCUT2D eigenvalue weighted by Crippen LogP contribution is -2.20. The molecule has 0 aromatic carbocycles. The smallest absolute Gasteiger partial charge is 0.0194 e. The number of rotatable bonds is 9. The Hall–Kier alpha value is 0.170. The molecule has 0 radical (unpaired) electrons. The van der Waals surface area contributed by atoms with E-state index in [2.05, 4.69) is 13.8 Å². The van der Waals surface area contributed by atoms with Crippen molar-refractivity contribution in [2.45, 2.75) is 110 Å². The summed E-state index contributed by atoms with van der Waals surface area (Å²) in [5.41, 5.74) is 2.03. The Labute approximate surface area is 148 Å². The zero-order valence-electron chi connectivity index (χ0n) is 16.0. The van der Waals surface area contributed by atoms with Gasteiger partial charge >= 0.3 is 0 Å². The van der Waals surface area contributed by atoms with Crippen LogP contribution >= 0.6 is 8.58 Å². The predicted octanol–water partition coefficient (Wildman–Crippen LogP) is 8.07. The molecule has 0 N–H and O–H groups in total. The van der Waals surface area contributed by atoms with Gasteiger partial charge in [-0.3, -0.25) is 0 Å². The van der Waals surface area contributed by atoms with Gasteiger partial charge in [0.15, 0.2) is 0 Å². The molecular formula is C22H41P. The Kier molecular flexibility index (Phi) is 9.90. The fraction of sp³-hybridized carbons (Fsp3) is 0.909. The first-order valence-electron chi connectivity index (χ1n) is 10.8. The van der Waals surface area contributed by atoms with Gasteiger partial charge in [-0.25, -0.2) is 0 Å². The van der Waals surface area contributed by atoms with E-state index in [1.165, 1.54) is 102 Å². The van der Waals surface area contributed by atoms with Crippen molar-refractivity contribution < 1.29 is 0 Å². The van der Waals surface area contributed by atoms with Crippen LogP contribution in [0.1, 0.15) is 110 Å². The second-order valence-corrected chi connectivity index (χ2v) is 9.44. The molecule has 1 heteroatoms. The molecule has 0 aromatic rings. The minimum atomic E-state index is 0.979. The van der Waals surface area contributed by atoms with Crippen molar-refractivity contribution in [2.75, 3.05) is 6.16 Å². The molecule has 0 aliphatic heterocycles. The highest BCUT2D eigenvalue weighted by Gasteiger charge is 2.28. The van der Waals surface area contributed by atoms with E-state index in [0.29, 0.717) is 0 Å². The summed E-state index contributed by atoms with van der Waals surface area (Å²) >= 11 is 0. The third-order valence-corrected chi connectivity index (χ3v) is 7.63. The molecule has 0 saturated heterocycles. The lowest BCUT2D eigenvalue weighted by molar-refractivity contribution is 0.324. The largest absolute Gasteiger partial charge is 0.0949 e. The zero-order chi connectivity index (χ0) is 16.3. The maximum atomic E-state index is 2.40. The number of allylic oxidation sites excluding steroid dienone is 2. The Morgan fingerprint density at radius 2 is 1.30 bits per heavy atom. The SMILES string of the molecule is CCCCCPC(CCC)=C(C1CCCCC1)C1CCCCC1. The van der Waals surface area contributed by atoms with Crippen LogP contribution in [0.2, 0.25) is 0 Å². The van der Waals surface area contributed by atoms with Gasteiger partial charge in [-0.15, -0.1) is 0 Å². The van der Waals surface area contributed by atoms with E-state index in [0.717, 1.165) is 20.4 Å². The van der Waals surface area contributed by atoms with Crippen molar-refractivity contribution in [3.05, 3.63) is 10.9 Å². The van der Waals surface area contributed by atoms with Gasteiger partial charge in [0.25, 0.3) is 0 Å². The molecule has 2 fully saturated rings. The summed E-state index contributed by atoms with van der Waals surface area (Å²) < 4.78 is 0. The Morgan fingerprint density at radius 1 is 0.739 bits per heavy atom. The van der Waals surface area contributed by atoms with Crippen molar-refractivity contribution in [1.29, 1.82) is 0 Å². The molecule has 0 aromatic heterocycles. The molecule has 1 unspecified atom stereocenters. The summed E-state index contributed by atoms with van der Waals surface area (Å²) in [5.74, 6) is 1.96. The molecule has 0 spiro atoms. The van der Waals surface area contributed by atoms with Crippen molar-refractivity contribution >= 4 is 8.58 Å². The van der Waals surface area contributed by atoms with Crippen LogP contribution in [-0.2, 0) is 0 Å². The molecule has 134 valence electrons. The van der Waals surface area contributed by atoms with Gasteiger partial charge in [-0.1, -0.05) is 85.8 Å². The van der Waals surface area contributed by atoms with Gasteiger partial charge in [-0.2, -0.15) is 0 Å². The van der Waals surface area contributed by atoms with E-state index in [4.69, 9.17) is 0 Å². The third kappa shape index (κ3) is 6.53. The average molecular weight is 337 g/mol. The molecule has 0 nitrogen and oxygen atoms in total. The van der Waals surface area contributed by atoms with Crippen LogP contribution in [-0.4, -0.2) is 6.16 Å². The first-order chi connectivity index (χ1) is 11.4. The van der Waals surface area contributed by atoms with E-state index in [-0.39, 0.29) is 0 Å². The normalized spacial score (nSPS) is 21.1. The summed E-state index contributed by atoms with van der Waals surface area (Å²) in [7, 11) is 1.15. The molecule has 0 amide bonds. The summed E-state index contributed by atoms with van der Waals surface area (Å²) in [5, 5.41) is 1.96. The van der Waals surface area contributed by atoms with Crippen LogP contribution < -0.4 is 0 Å². The lowest BCUT2D eigenvalue weighted by Gasteiger charge is -2.35. The fourth-order valence-electron chi connectivity index (χ4n) is 4.85. The van der Waals surface area contributed by atoms with Crippen LogP contribution in [0.5, 0.6) is 0 Å². The summed E-state index contributed by atoms with van der Waals surface area (Å²) in [6.45, 7) is 4.73. The van der Waals surface area contributed by atoms with Gasteiger partial charge in [0.1, 0.15) is 0 Å². The van der Waals surface area contributed by atoms with Crippen molar-refractivity contribution in [1.82, 2.24) is 0 Å². The van der Waals surface area contributed by atoms with Gasteiger partial charge in [0.2, 0.25) is 0 Å². The van der Waals surface area contributed by atoms with Crippen LogP contribution in [0.25, 0.3) is 0 Å². The van der Waals surface area contributed by atoms with Crippen molar-refractivity contribution in [2.24, 2.45) is 11.8 Å². The monoisotopic (exact) mass is 336 g/mol. The maximum absolute atomic E-state index is 2.40. The van der Waals surface area contributed by atoms with E-state index >= 15 is 0 Å². The van der Waals surface area contributed by atoms with E-state index in [1.54, 1.807) is 0 Å². The third-order valence-electron chi connectivity index (χ3n) is 6.06. The molecule has 2 rings (SSSR count). The number of hydrogen-bond donors (Lipinski definition) is 0. The highest BCUT2D eigenvalue weighted by atomic mass is 31.1. The minimum Gasteiger partial charge on any atom is -0.0949 e. The van der Waals surface area contributed by atoms with Gasteiger partial charge in [-0.05, 0) is 61.8 Å². The zero-order valence-corrected chi connectivity index (χ0v) is 17.0. The summed E-state index contributed by atoms with van der Waals surface area (Å²) in [6.07, 6.45) is 23.6. The van der Waals surface area contributed by atoms with E-state index < -0.39 is 0 Å². The molecule has 1 atom stereocenters. The second-order valence-electron chi connectivity index (χ2n) is 7.99. The Balaban J connectivity index is 2.13. The van der Waals surface area contributed by atoms with Gasteiger partial charge in [0, 0.05) is 0 Å². The quantitative estimate of drug-likeness (QED) is 0.295. The predicted molar refractivity (Wildman–Crippen MR) is 108 cm³/mol. The highest BCUT2D eigenvalue weighted by Crippen LogP contribution is 2.46. The van der Waals surface area contributed by atoms with Crippen LogP contribution in [0, 0.1) is 11.8 Å². The van der Waals surface area contributed by atoms with Gasteiger partial charge < -0.3 is 0 Å². The molecule has 0 bridgehead atoms. The average Bonchev–Trinajstić information content (AvgIpc) is 2.61. The van der Waals surface area contributed by atoms with Crippen LogP contribution in [0.3, 0.4) is 0 Å². The molecule has 2 aliphatic rings. The van der Waals surface area contributed by atoms with Gasteiger partial charge in [0.05, 0.1) is 0 Å². The summed E-state index contributed by atoms with van der Waals surface area (Å²) in [4.78, 5) is 0. The molecule has 2 aliphatic carbocycles. The molecule has 2 saturated carbocycles.